The highest BCUT2D eigenvalue weighted by Crippen LogP contribution is 2.34. The van der Waals surface area contributed by atoms with Gasteiger partial charge in [-0.25, -0.2) is 26.6 Å². The first-order valence-electron chi connectivity index (χ1n) is 10.7. The second kappa shape index (κ2) is 10.7. The summed E-state index contributed by atoms with van der Waals surface area (Å²) in [5, 5.41) is 27.6. The number of carbonyl (C=O) groups is 1. The number of sulfonamides is 2. The Labute approximate surface area is 217 Å². The van der Waals surface area contributed by atoms with Gasteiger partial charge in [-0.15, -0.1) is 0 Å². The van der Waals surface area contributed by atoms with E-state index < -0.39 is 42.2 Å². The lowest BCUT2D eigenvalue weighted by molar-refractivity contribution is 0.0693. The van der Waals surface area contributed by atoms with E-state index >= 15 is 0 Å². The van der Waals surface area contributed by atoms with Crippen molar-refractivity contribution in [2.75, 3.05) is 9.44 Å². The highest BCUT2D eigenvalue weighted by Gasteiger charge is 2.25. The zero-order valence-electron chi connectivity index (χ0n) is 19.3. The van der Waals surface area contributed by atoms with Crippen LogP contribution in [0.4, 0.5) is 22.9 Å². The van der Waals surface area contributed by atoms with E-state index in [1.165, 1.54) is 48.7 Å². The van der Waals surface area contributed by atoms with Gasteiger partial charge in [0, 0.05) is 11.9 Å². The molecular formula is C24H19N5O7S2. The van der Waals surface area contributed by atoms with Crippen LogP contribution in [0.15, 0.2) is 111 Å². The summed E-state index contributed by atoms with van der Waals surface area (Å²) in [6.45, 7) is 0. The second-order valence-electron chi connectivity index (χ2n) is 7.63. The van der Waals surface area contributed by atoms with Gasteiger partial charge in [0.2, 0.25) is 0 Å². The molecule has 0 spiro atoms. The maximum atomic E-state index is 12.9. The standard InChI is InChI=1S/C24H19N5O7S2/c30-23-20(24(31)32)14-18(15-21(23)38(35,36)28-17-6-2-1-3-7-17)27-26-16-9-11-19(12-10-16)37(33,34)29-22-8-4-5-13-25-22/h1-15,28,30H,(H,25,29)(H,31,32). The maximum absolute atomic E-state index is 12.9. The number of benzene rings is 3. The lowest BCUT2D eigenvalue weighted by Gasteiger charge is -2.11. The van der Waals surface area contributed by atoms with E-state index in [9.17, 15) is 31.8 Å². The molecule has 0 atom stereocenters. The van der Waals surface area contributed by atoms with Crippen molar-refractivity contribution in [1.82, 2.24) is 4.98 Å². The highest BCUT2D eigenvalue weighted by molar-refractivity contribution is 7.93. The Balaban J connectivity index is 1.61. The number of aromatic hydroxyl groups is 1. The number of azo groups is 1. The van der Waals surface area contributed by atoms with Gasteiger partial charge in [0.15, 0.2) is 5.75 Å². The summed E-state index contributed by atoms with van der Waals surface area (Å²) in [4.78, 5) is 14.8. The molecule has 1 aromatic heterocycles. The number of rotatable bonds is 9. The number of nitrogens with one attached hydrogen (secondary N) is 2. The zero-order chi connectivity index (χ0) is 27.3. The number of anilines is 2. The van der Waals surface area contributed by atoms with Crippen LogP contribution in [-0.4, -0.2) is 38.0 Å². The largest absolute Gasteiger partial charge is 0.506 e. The molecule has 0 saturated carbocycles. The second-order valence-corrected chi connectivity index (χ2v) is 11.0. The Morgan fingerprint density at radius 2 is 1.42 bits per heavy atom. The van der Waals surface area contributed by atoms with Gasteiger partial charge in [-0.1, -0.05) is 24.3 Å². The van der Waals surface area contributed by atoms with Gasteiger partial charge in [0.1, 0.15) is 16.3 Å². The fraction of sp³-hybridized carbons (Fsp3) is 0. The fourth-order valence-electron chi connectivity index (χ4n) is 3.16. The molecule has 12 nitrogen and oxygen atoms in total. The van der Waals surface area contributed by atoms with E-state index in [2.05, 4.69) is 24.7 Å². The molecule has 0 saturated heterocycles. The average molecular weight is 554 g/mol. The molecule has 194 valence electrons. The molecule has 0 radical (unpaired) electrons. The number of para-hydroxylation sites is 1. The predicted octanol–water partition coefficient (Wildman–Crippen LogP) is 4.50. The van der Waals surface area contributed by atoms with Crippen molar-refractivity contribution in [1.29, 1.82) is 0 Å². The first-order valence-corrected chi connectivity index (χ1v) is 13.7. The van der Waals surface area contributed by atoms with E-state index in [0.717, 1.165) is 12.1 Å². The van der Waals surface area contributed by atoms with Crippen LogP contribution in [0.1, 0.15) is 10.4 Å². The minimum absolute atomic E-state index is 0.0692. The number of hydrogen-bond donors (Lipinski definition) is 4. The Morgan fingerprint density at radius 3 is 2.05 bits per heavy atom. The molecule has 0 bridgehead atoms. The number of nitrogens with zero attached hydrogens (tertiary/aromatic N) is 3. The minimum Gasteiger partial charge on any atom is -0.506 e. The summed E-state index contributed by atoms with van der Waals surface area (Å²) in [5.74, 6) is -2.40. The first kappa shape index (κ1) is 26.2. The van der Waals surface area contributed by atoms with Gasteiger partial charge in [-0.05, 0) is 60.7 Å². The van der Waals surface area contributed by atoms with Gasteiger partial charge in [0.05, 0.1) is 16.3 Å². The number of carboxylic acids is 1. The van der Waals surface area contributed by atoms with Gasteiger partial charge >= 0.3 is 5.97 Å². The SMILES string of the molecule is O=C(O)c1cc(N=Nc2ccc(S(=O)(=O)Nc3ccccn3)cc2)cc(S(=O)(=O)Nc2ccccc2)c1O. The van der Waals surface area contributed by atoms with Gasteiger partial charge in [0.25, 0.3) is 20.0 Å². The molecule has 4 rings (SSSR count). The molecular weight excluding hydrogens is 534 g/mol. The number of carboxylic acid groups (broad SMARTS) is 1. The first-order chi connectivity index (χ1) is 18.0. The third kappa shape index (κ3) is 6.11. The summed E-state index contributed by atoms with van der Waals surface area (Å²) >= 11 is 0. The fourth-order valence-corrected chi connectivity index (χ4v) is 5.37. The van der Waals surface area contributed by atoms with E-state index in [4.69, 9.17) is 0 Å². The quantitative estimate of drug-likeness (QED) is 0.218. The smallest absolute Gasteiger partial charge is 0.339 e. The van der Waals surface area contributed by atoms with Crippen molar-refractivity contribution in [2.45, 2.75) is 9.79 Å². The molecule has 1 heterocycles. The number of aromatic nitrogens is 1. The molecule has 0 aliphatic heterocycles. The third-order valence-electron chi connectivity index (χ3n) is 4.94. The molecule has 0 unspecified atom stereocenters. The Kier molecular flexibility index (Phi) is 7.36. The summed E-state index contributed by atoms with van der Waals surface area (Å²) < 4.78 is 55.4. The summed E-state index contributed by atoms with van der Waals surface area (Å²) in [7, 11) is -8.31. The van der Waals surface area contributed by atoms with Crippen molar-refractivity contribution in [3.05, 3.63) is 96.7 Å². The summed E-state index contributed by atoms with van der Waals surface area (Å²) in [6.07, 6.45) is 1.44. The van der Waals surface area contributed by atoms with Crippen LogP contribution in [-0.2, 0) is 20.0 Å². The normalized spacial score (nSPS) is 11.8. The van der Waals surface area contributed by atoms with E-state index in [1.54, 1.807) is 30.3 Å². The zero-order valence-corrected chi connectivity index (χ0v) is 20.9. The molecule has 3 aromatic carbocycles. The predicted molar refractivity (Wildman–Crippen MR) is 138 cm³/mol. The van der Waals surface area contributed by atoms with Gasteiger partial charge in [-0.2, -0.15) is 10.2 Å². The monoisotopic (exact) mass is 553 g/mol. The van der Waals surface area contributed by atoms with E-state index in [-0.39, 0.29) is 27.8 Å². The topological polar surface area (TPSA) is 187 Å². The maximum Gasteiger partial charge on any atom is 0.339 e. The minimum atomic E-state index is -4.40. The molecule has 4 N–H and O–H groups in total. The van der Waals surface area contributed by atoms with Crippen molar-refractivity contribution in [3.63, 3.8) is 0 Å². The molecule has 0 aliphatic rings. The van der Waals surface area contributed by atoms with Crippen molar-refractivity contribution >= 4 is 48.9 Å². The van der Waals surface area contributed by atoms with Crippen molar-refractivity contribution in [2.24, 2.45) is 10.2 Å². The lowest BCUT2D eigenvalue weighted by atomic mass is 10.2. The van der Waals surface area contributed by atoms with Crippen LogP contribution in [0.5, 0.6) is 5.75 Å². The van der Waals surface area contributed by atoms with Crippen LogP contribution in [0, 0.1) is 0 Å². The third-order valence-corrected chi connectivity index (χ3v) is 7.70. The van der Waals surface area contributed by atoms with Crippen LogP contribution in [0.25, 0.3) is 0 Å². The molecule has 38 heavy (non-hydrogen) atoms. The molecule has 14 heteroatoms. The van der Waals surface area contributed by atoms with Crippen LogP contribution in [0.3, 0.4) is 0 Å². The number of hydrogen-bond acceptors (Lipinski definition) is 9. The molecule has 0 aliphatic carbocycles. The van der Waals surface area contributed by atoms with Crippen LogP contribution < -0.4 is 9.44 Å². The Morgan fingerprint density at radius 1 is 0.763 bits per heavy atom. The average Bonchev–Trinajstić information content (AvgIpc) is 2.88. The lowest BCUT2D eigenvalue weighted by Crippen LogP contribution is -2.14. The molecule has 0 amide bonds. The number of phenols is 1. The van der Waals surface area contributed by atoms with Crippen molar-refractivity contribution < 1.29 is 31.8 Å². The van der Waals surface area contributed by atoms with Gasteiger partial charge in [-0.3, -0.25) is 9.44 Å². The van der Waals surface area contributed by atoms with E-state index in [0.29, 0.717) is 0 Å². The number of pyridine rings is 1. The summed E-state index contributed by atoms with van der Waals surface area (Å²) in [5.41, 5.74) is -0.485. The Hall–Kier alpha value is -4.82. The van der Waals surface area contributed by atoms with Gasteiger partial charge < -0.3 is 10.2 Å². The van der Waals surface area contributed by atoms with Crippen LogP contribution >= 0.6 is 0 Å². The van der Waals surface area contributed by atoms with E-state index in [1.807, 2.05) is 0 Å². The summed E-state index contributed by atoms with van der Waals surface area (Å²) in [6, 6.07) is 19.8. The molecule has 4 aromatic rings. The number of aromatic carboxylic acids is 1. The molecule has 0 fully saturated rings. The van der Waals surface area contributed by atoms with Crippen molar-refractivity contribution in [3.8, 4) is 5.75 Å². The van der Waals surface area contributed by atoms with Crippen LogP contribution in [0.2, 0.25) is 0 Å². The Bertz CT molecular complexity index is 1710. The highest BCUT2D eigenvalue weighted by atomic mass is 32.2.